The second-order valence-corrected chi connectivity index (χ2v) is 11.0. The predicted molar refractivity (Wildman–Crippen MR) is 150 cm³/mol. The van der Waals surface area contributed by atoms with Gasteiger partial charge in [0.15, 0.2) is 5.82 Å². The van der Waals surface area contributed by atoms with E-state index in [1.54, 1.807) is 18.1 Å². The molecule has 0 fully saturated rings. The first-order chi connectivity index (χ1) is 18.6. The maximum absolute atomic E-state index is 13.8. The van der Waals surface area contributed by atoms with Gasteiger partial charge in [0, 0.05) is 12.1 Å². The van der Waals surface area contributed by atoms with Gasteiger partial charge in [0.25, 0.3) is 5.56 Å². The second kappa shape index (κ2) is 10.5. The number of tetrazole rings is 1. The number of methoxy groups -OCH3 is 1. The zero-order valence-corrected chi connectivity index (χ0v) is 23.2. The van der Waals surface area contributed by atoms with Crippen LogP contribution in [0, 0.1) is 13.8 Å². The van der Waals surface area contributed by atoms with Gasteiger partial charge in [-0.2, -0.15) is 0 Å². The van der Waals surface area contributed by atoms with Crippen LogP contribution in [0.3, 0.4) is 0 Å². The minimum Gasteiger partial charge on any atom is -0.497 e. The number of benzene rings is 2. The fourth-order valence-electron chi connectivity index (χ4n) is 5.05. The number of hydrogen-bond donors (Lipinski definition) is 1. The number of nitrogens with one attached hydrogen (secondary N) is 1. The van der Waals surface area contributed by atoms with Crippen LogP contribution in [0.2, 0.25) is 0 Å². The van der Waals surface area contributed by atoms with E-state index in [2.05, 4.69) is 44.5 Å². The number of rotatable bonds is 8. The number of aryl methyl sites for hydroxylation is 2. The van der Waals surface area contributed by atoms with E-state index in [0.29, 0.717) is 24.5 Å². The quantitative estimate of drug-likeness (QED) is 0.293. The molecular weight excluding hydrogens is 492 g/mol. The first-order valence-corrected chi connectivity index (χ1v) is 13.0. The molecule has 0 spiro atoms. The zero-order chi connectivity index (χ0) is 27.7. The molecule has 9 heteroatoms. The highest BCUT2D eigenvalue weighted by atomic mass is 16.5. The first kappa shape index (κ1) is 26.4. The van der Waals surface area contributed by atoms with E-state index in [9.17, 15) is 4.79 Å². The largest absolute Gasteiger partial charge is 0.497 e. The summed E-state index contributed by atoms with van der Waals surface area (Å²) in [5.74, 6) is 2.13. The van der Waals surface area contributed by atoms with Crippen LogP contribution in [0.1, 0.15) is 60.7 Å². The normalized spacial score (nSPS) is 12.8. The van der Waals surface area contributed by atoms with Crippen LogP contribution in [0.15, 0.2) is 70.1 Å². The summed E-state index contributed by atoms with van der Waals surface area (Å²) in [5.41, 5.74) is 4.00. The van der Waals surface area contributed by atoms with Crippen LogP contribution in [0.4, 0.5) is 0 Å². The van der Waals surface area contributed by atoms with Crippen LogP contribution >= 0.6 is 0 Å². The zero-order valence-electron chi connectivity index (χ0n) is 23.2. The maximum Gasteiger partial charge on any atom is 0.253 e. The fourth-order valence-corrected chi connectivity index (χ4v) is 5.05. The Kier molecular flexibility index (Phi) is 7.10. The third-order valence-electron chi connectivity index (χ3n) is 6.84. The van der Waals surface area contributed by atoms with Crippen LogP contribution in [0.5, 0.6) is 5.75 Å². The average molecular weight is 527 g/mol. The lowest BCUT2D eigenvalue weighted by atomic mass is 9.99. The summed E-state index contributed by atoms with van der Waals surface area (Å²) in [6.07, 6.45) is 1.66. The van der Waals surface area contributed by atoms with Gasteiger partial charge < -0.3 is 14.1 Å². The molecule has 0 saturated heterocycles. The summed E-state index contributed by atoms with van der Waals surface area (Å²) in [4.78, 5) is 19.1. The molecule has 3 heterocycles. The summed E-state index contributed by atoms with van der Waals surface area (Å²) in [6, 6.07) is 17.3. The molecule has 9 nitrogen and oxygen atoms in total. The van der Waals surface area contributed by atoms with Gasteiger partial charge in [0.05, 0.1) is 31.0 Å². The number of H-pyrrole nitrogens is 1. The number of pyridine rings is 1. The van der Waals surface area contributed by atoms with Gasteiger partial charge in [0.2, 0.25) is 0 Å². The molecule has 0 aliphatic rings. The molecule has 5 aromatic rings. The van der Waals surface area contributed by atoms with Gasteiger partial charge in [-0.05, 0) is 98.0 Å². The number of nitrogens with zero attached hydrogens (tertiary/aromatic N) is 5. The Morgan fingerprint density at radius 3 is 2.51 bits per heavy atom. The average Bonchev–Trinajstić information content (AvgIpc) is 3.58. The monoisotopic (exact) mass is 526 g/mol. The van der Waals surface area contributed by atoms with Crippen molar-refractivity contribution in [1.29, 1.82) is 0 Å². The number of fused-ring (bicyclic) bond motifs is 1. The molecule has 39 heavy (non-hydrogen) atoms. The van der Waals surface area contributed by atoms with Crippen molar-refractivity contribution in [2.75, 3.05) is 7.11 Å². The molecule has 1 N–H and O–H groups in total. The lowest BCUT2D eigenvalue weighted by Crippen LogP contribution is -2.37. The van der Waals surface area contributed by atoms with Crippen molar-refractivity contribution in [3.8, 4) is 5.75 Å². The molecule has 0 radical (unpaired) electrons. The SMILES string of the molecule is COc1ccc(CN(Cc2ccco2)[C@@H](c2cc3cc(C)cc(C)c3[nH]c2=O)c2nnnn2C(C)(C)C)cc1. The van der Waals surface area contributed by atoms with Crippen LogP contribution in [-0.4, -0.2) is 37.2 Å². The molecule has 0 saturated carbocycles. The Labute approximate surface area is 227 Å². The van der Waals surface area contributed by atoms with Gasteiger partial charge in [-0.25, -0.2) is 4.68 Å². The predicted octanol–water partition coefficient (Wildman–Crippen LogP) is 5.28. The van der Waals surface area contributed by atoms with E-state index >= 15 is 0 Å². The van der Waals surface area contributed by atoms with Gasteiger partial charge in [-0.15, -0.1) is 5.10 Å². The maximum atomic E-state index is 13.8. The second-order valence-electron chi connectivity index (χ2n) is 11.0. The number of ether oxygens (including phenoxy) is 1. The summed E-state index contributed by atoms with van der Waals surface area (Å²) in [7, 11) is 1.65. The molecule has 0 amide bonds. The molecule has 202 valence electrons. The van der Waals surface area contributed by atoms with Crippen molar-refractivity contribution in [2.24, 2.45) is 0 Å². The van der Waals surface area contributed by atoms with Crippen molar-refractivity contribution in [2.45, 2.75) is 59.3 Å². The van der Waals surface area contributed by atoms with Crippen molar-refractivity contribution >= 4 is 10.9 Å². The Morgan fingerprint density at radius 2 is 1.85 bits per heavy atom. The molecule has 2 aromatic carbocycles. The molecule has 0 unspecified atom stereocenters. The summed E-state index contributed by atoms with van der Waals surface area (Å²) in [6.45, 7) is 11.1. The number of aromatic nitrogens is 5. The highest BCUT2D eigenvalue weighted by Crippen LogP contribution is 2.32. The highest BCUT2D eigenvalue weighted by molar-refractivity contribution is 5.83. The molecule has 1 atom stereocenters. The molecule has 5 rings (SSSR count). The first-order valence-electron chi connectivity index (χ1n) is 13.0. The number of furan rings is 1. The summed E-state index contributed by atoms with van der Waals surface area (Å²) >= 11 is 0. The van der Waals surface area contributed by atoms with E-state index in [1.165, 1.54) is 0 Å². The fraction of sp³-hybridized carbons (Fsp3) is 0.333. The Morgan fingerprint density at radius 1 is 1.08 bits per heavy atom. The molecule has 0 aliphatic heterocycles. The van der Waals surface area contributed by atoms with Crippen molar-refractivity contribution in [1.82, 2.24) is 30.1 Å². The lowest BCUT2D eigenvalue weighted by molar-refractivity contribution is 0.171. The molecule has 0 bridgehead atoms. The Balaban J connectivity index is 1.73. The van der Waals surface area contributed by atoms with Crippen molar-refractivity contribution in [3.63, 3.8) is 0 Å². The highest BCUT2D eigenvalue weighted by Gasteiger charge is 2.34. The van der Waals surface area contributed by atoms with Gasteiger partial charge in [-0.3, -0.25) is 9.69 Å². The molecular formula is C30H34N6O3. The van der Waals surface area contributed by atoms with Gasteiger partial charge >= 0.3 is 0 Å². The third-order valence-corrected chi connectivity index (χ3v) is 6.84. The lowest BCUT2D eigenvalue weighted by Gasteiger charge is -2.32. The minimum absolute atomic E-state index is 0.179. The van der Waals surface area contributed by atoms with Crippen LogP contribution in [0.25, 0.3) is 10.9 Å². The minimum atomic E-state index is -0.569. The van der Waals surface area contributed by atoms with E-state index < -0.39 is 11.6 Å². The van der Waals surface area contributed by atoms with Crippen LogP contribution in [-0.2, 0) is 18.6 Å². The van der Waals surface area contributed by atoms with E-state index in [4.69, 9.17) is 9.15 Å². The smallest absolute Gasteiger partial charge is 0.253 e. The standard InChI is InChI=1S/C30H34N6O3/c1-19-14-20(2)26-22(15-19)16-25(29(37)31-26)27(28-32-33-34-36(28)30(3,4)5)35(18-24-8-7-13-39-24)17-21-9-11-23(38-6)12-10-21/h7-16,27H,17-18H2,1-6H3,(H,31,37)/t27-/m0/s1. The topological polar surface area (TPSA) is 102 Å². The van der Waals surface area contributed by atoms with Crippen LogP contribution < -0.4 is 10.3 Å². The molecule has 0 aliphatic carbocycles. The third kappa shape index (κ3) is 5.49. The number of aromatic amines is 1. The van der Waals surface area contributed by atoms with E-state index in [-0.39, 0.29) is 5.56 Å². The summed E-state index contributed by atoms with van der Waals surface area (Å²) < 4.78 is 12.9. The van der Waals surface area contributed by atoms with E-state index in [1.807, 2.05) is 70.2 Å². The van der Waals surface area contributed by atoms with Crippen molar-refractivity contribution in [3.05, 3.63) is 105 Å². The summed E-state index contributed by atoms with van der Waals surface area (Å²) in [5, 5.41) is 13.8. The Hall–Kier alpha value is -4.24. The Bertz CT molecular complexity index is 1630. The molecule has 3 aromatic heterocycles. The van der Waals surface area contributed by atoms with Gasteiger partial charge in [0.1, 0.15) is 17.6 Å². The number of hydrogen-bond acceptors (Lipinski definition) is 7. The van der Waals surface area contributed by atoms with E-state index in [0.717, 1.165) is 39.1 Å². The van der Waals surface area contributed by atoms with Crippen molar-refractivity contribution < 1.29 is 9.15 Å². The van der Waals surface area contributed by atoms with Gasteiger partial charge in [-0.1, -0.05) is 23.8 Å².